The van der Waals surface area contributed by atoms with Gasteiger partial charge in [-0.25, -0.2) is 0 Å². The molecule has 1 aromatic carbocycles. The van der Waals surface area contributed by atoms with Gasteiger partial charge in [0.05, 0.1) is 29.6 Å². The van der Waals surface area contributed by atoms with Gasteiger partial charge in [-0.1, -0.05) is 13.3 Å². The third kappa shape index (κ3) is 2.17. The maximum atomic E-state index is 12.1. The van der Waals surface area contributed by atoms with Crippen molar-refractivity contribution in [1.29, 1.82) is 5.26 Å². The van der Waals surface area contributed by atoms with Crippen LogP contribution >= 0.6 is 0 Å². The molecule has 0 bridgehead atoms. The highest BCUT2D eigenvalue weighted by Crippen LogP contribution is 2.33. The average molecular weight is 243 g/mol. The summed E-state index contributed by atoms with van der Waals surface area (Å²) in [5.41, 5.74) is 2.48. The van der Waals surface area contributed by atoms with Crippen molar-refractivity contribution >= 4 is 17.3 Å². The van der Waals surface area contributed by atoms with Crippen molar-refractivity contribution in [2.24, 2.45) is 0 Å². The van der Waals surface area contributed by atoms with E-state index in [1.807, 2.05) is 18.0 Å². The van der Waals surface area contributed by atoms with E-state index in [9.17, 15) is 4.79 Å². The van der Waals surface area contributed by atoms with Crippen molar-refractivity contribution in [1.82, 2.24) is 0 Å². The Kier molecular flexibility index (Phi) is 3.52. The summed E-state index contributed by atoms with van der Waals surface area (Å²) in [5.74, 6) is 0.105. The van der Waals surface area contributed by atoms with Crippen LogP contribution in [0.3, 0.4) is 0 Å². The lowest BCUT2D eigenvalue weighted by atomic mass is 10.1. The number of nitrogens with zero attached hydrogens (tertiary/aromatic N) is 3. The van der Waals surface area contributed by atoms with Crippen molar-refractivity contribution in [2.45, 2.75) is 19.8 Å². The highest BCUT2D eigenvalue weighted by atomic mass is 16.2. The molecule has 0 atom stereocenters. The second kappa shape index (κ2) is 5.09. The van der Waals surface area contributed by atoms with Crippen LogP contribution in [0.2, 0.25) is 0 Å². The van der Waals surface area contributed by atoms with Gasteiger partial charge in [-0.2, -0.15) is 5.26 Å². The minimum atomic E-state index is 0.105. The molecule has 94 valence electrons. The normalized spacial score (nSPS) is 14.4. The molecule has 1 aliphatic rings. The van der Waals surface area contributed by atoms with Crippen LogP contribution in [0.15, 0.2) is 18.2 Å². The molecule has 2 rings (SSSR count). The fourth-order valence-electron chi connectivity index (χ4n) is 2.20. The Morgan fingerprint density at radius 2 is 2.17 bits per heavy atom. The summed E-state index contributed by atoms with van der Waals surface area (Å²) in [6.45, 7) is 3.24. The summed E-state index contributed by atoms with van der Waals surface area (Å²) < 4.78 is 0. The molecule has 4 nitrogen and oxygen atoms in total. The molecule has 0 spiro atoms. The molecule has 0 radical (unpaired) electrons. The fourth-order valence-corrected chi connectivity index (χ4v) is 2.20. The van der Waals surface area contributed by atoms with Gasteiger partial charge in [0, 0.05) is 13.6 Å². The maximum absolute atomic E-state index is 12.1. The number of carbonyl (C=O) groups is 1. The molecule has 1 heterocycles. The van der Waals surface area contributed by atoms with Gasteiger partial charge in [-0.3, -0.25) is 4.79 Å². The zero-order chi connectivity index (χ0) is 13.1. The molecule has 0 aliphatic carbocycles. The number of unbranched alkanes of at least 4 members (excludes halogenated alkanes) is 1. The summed E-state index contributed by atoms with van der Waals surface area (Å²) in [5, 5.41) is 8.97. The van der Waals surface area contributed by atoms with Gasteiger partial charge >= 0.3 is 0 Å². The number of carbonyl (C=O) groups excluding carboxylic acids is 1. The third-order valence-electron chi connectivity index (χ3n) is 3.22. The summed E-state index contributed by atoms with van der Waals surface area (Å²) in [6, 6.07) is 7.64. The second-order valence-electron chi connectivity index (χ2n) is 4.57. The molecular weight excluding hydrogens is 226 g/mol. The summed E-state index contributed by atoms with van der Waals surface area (Å²) in [7, 11) is 1.90. The van der Waals surface area contributed by atoms with Crippen LogP contribution in [0.25, 0.3) is 0 Å². The van der Waals surface area contributed by atoms with Crippen molar-refractivity contribution in [3.05, 3.63) is 23.8 Å². The monoisotopic (exact) mass is 243 g/mol. The van der Waals surface area contributed by atoms with Crippen LogP contribution in [0, 0.1) is 11.3 Å². The predicted octanol–water partition coefficient (Wildman–Crippen LogP) is 2.14. The van der Waals surface area contributed by atoms with Crippen LogP contribution in [0.1, 0.15) is 25.3 Å². The SMILES string of the molecule is CCCCN1C(=O)CN(C)c2ccc(C#N)cc21. The first kappa shape index (κ1) is 12.4. The molecule has 1 aromatic rings. The first-order valence-electron chi connectivity index (χ1n) is 6.23. The zero-order valence-corrected chi connectivity index (χ0v) is 10.8. The number of amides is 1. The number of anilines is 2. The Morgan fingerprint density at radius 3 is 2.83 bits per heavy atom. The number of rotatable bonds is 3. The van der Waals surface area contributed by atoms with Crippen LogP contribution in [0.4, 0.5) is 11.4 Å². The fraction of sp³-hybridized carbons (Fsp3) is 0.429. The lowest BCUT2D eigenvalue weighted by Crippen LogP contribution is -2.44. The molecule has 0 aromatic heterocycles. The van der Waals surface area contributed by atoms with Gasteiger partial charge < -0.3 is 9.80 Å². The Hall–Kier alpha value is -2.02. The van der Waals surface area contributed by atoms with Crippen LogP contribution in [0.5, 0.6) is 0 Å². The molecule has 0 saturated heterocycles. The van der Waals surface area contributed by atoms with Crippen molar-refractivity contribution in [3.8, 4) is 6.07 Å². The van der Waals surface area contributed by atoms with Gasteiger partial charge in [0.2, 0.25) is 5.91 Å². The lowest BCUT2D eigenvalue weighted by molar-refractivity contribution is -0.117. The van der Waals surface area contributed by atoms with Crippen molar-refractivity contribution < 1.29 is 4.79 Å². The Morgan fingerprint density at radius 1 is 1.39 bits per heavy atom. The lowest BCUT2D eigenvalue weighted by Gasteiger charge is -2.35. The molecule has 0 fully saturated rings. The highest BCUT2D eigenvalue weighted by Gasteiger charge is 2.26. The number of hydrogen-bond donors (Lipinski definition) is 0. The molecule has 18 heavy (non-hydrogen) atoms. The van der Waals surface area contributed by atoms with Gasteiger partial charge in [0.1, 0.15) is 0 Å². The highest BCUT2D eigenvalue weighted by molar-refractivity contribution is 6.03. The first-order chi connectivity index (χ1) is 8.67. The standard InChI is InChI=1S/C14H17N3O/c1-3-4-7-17-13-8-11(9-15)5-6-12(13)16(2)10-14(17)18/h5-6,8H,3-4,7,10H2,1-2H3. The van der Waals surface area contributed by atoms with E-state index in [0.29, 0.717) is 12.1 Å². The molecule has 1 amide bonds. The number of fused-ring (bicyclic) bond motifs is 1. The number of likely N-dealkylation sites (N-methyl/N-ethyl adjacent to an activating group) is 1. The van der Waals surface area contributed by atoms with Crippen molar-refractivity contribution in [2.75, 3.05) is 29.9 Å². The van der Waals surface area contributed by atoms with Gasteiger partial charge in [0.15, 0.2) is 0 Å². The molecule has 4 heteroatoms. The van der Waals surface area contributed by atoms with E-state index in [1.54, 1.807) is 17.0 Å². The molecule has 0 saturated carbocycles. The molecule has 1 aliphatic heterocycles. The molecule has 0 N–H and O–H groups in total. The maximum Gasteiger partial charge on any atom is 0.246 e. The van der Waals surface area contributed by atoms with Crippen LogP contribution in [-0.2, 0) is 4.79 Å². The van der Waals surface area contributed by atoms with Gasteiger partial charge in [-0.15, -0.1) is 0 Å². The van der Waals surface area contributed by atoms with E-state index in [1.165, 1.54) is 0 Å². The third-order valence-corrected chi connectivity index (χ3v) is 3.22. The van der Waals surface area contributed by atoms with Crippen LogP contribution in [-0.4, -0.2) is 26.0 Å². The van der Waals surface area contributed by atoms with E-state index >= 15 is 0 Å². The summed E-state index contributed by atoms with van der Waals surface area (Å²) >= 11 is 0. The number of nitriles is 1. The minimum Gasteiger partial charge on any atom is -0.364 e. The summed E-state index contributed by atoms with van der Waals surface area (Å²) in [6.07, 6.45) is 2.03. The second-order valence-corrected chi connectivity index (χ2v) is 4.57. The molecular formula is C14H17N3O. The van der Waals surface area contributed by atoms with Crippen molar-refractivity contribution in [3.63, 3.8) is 0 Å². The van der Waals surface area contributed by atoms with E-state index in [-0.39, 0.29) is 5.91 Å². The van der Waals surface area contributed by atoms with Crippen LogP contribution < -0.4 is 9.80 Å². The van der Waals surface area contributed by atoms with Gasteiger partial charge in [0.25, 0.3) is 0 Å². The smallest absolute Gasteiger partial charge is 0.246 e. The Balaban J connectivity index is 2.42. The van der Waals surface area contributed by atoms with E-state index < -0.39 is 0 Å². The average Bonchev–Trinajstić information content (AvgIpc) is 2.38. The first-order valence-corrected chi connectivity index (χ1v) is 6.23. The van der Waals surface area contributed by atoms with E-state index in [4.69, 9.17) is 5.26 Å². The Labute approximate surface area is 107 Å². The largest absolute Gasteiger partial charge is 0.364 e. The predicted molar refractivity (Wildman–Crippen MR) is 71.7 cm³/mol. The summed E-state index contributed by atoms with van der Waals surface area (Å²) in [4.78, 5) is 15.8. The number of benzene rings is 1. The van der Waals surface area contributed by atoms with E-state index in [2.05, 4.69) is 13.0 Å². The molecule has 0 unspecified atom stereocenters. The Bertz CT molecular complexity index is 504. The zero-order valence-electron chi connectivity index (χ0n) is 10.8. The van der Waals surface area contributed by atoms with E-state index in [0.717, 1.165) is 30.8 Å². The number of hydrogen-bond acceptors (Lipinski definition) is 3. The minimum absolute atomic E-state index is 0.105. The topological polar surface area (TPSA) is 47.3 Å². The quantitative estimate of drug-likeness (QED) is 0.817. The van der Waals surface area contributed by atoms with Gasteiger partial charge in [-0.05, 0) is 24.6 Å².